The summed E-state index contributed by atoms with van der Waals surface area (Å²) in [4.78, 5) is 11.2. The minimum absolute atomic E-state index is 0.186. The van der Waals surface area contributed by atoms with Crippen LogP contribution in [0.1, 0.15) is 35.7 Å². The number of hydrogen-bond acceptors (Lipinski definition) is 3. The Morgan fingerprint density at radius 2 is 1.88 bits per heavy atom. The molecule has 0 aliphatic heterocycles. The van der Waals surface area contributed by atoms with Crippen molar-refractivity contribution in [3.05, 3.63) is 59.7 Å². The van der Waals surface area contributed by atoms with Gasteiger partial charge in [0.05, 0.1) is 10.3 Å². The molecular weight excluding hydrogens is 326 g/mol. The first kappa shape index (κ1) is 16.7. The third kappa shape index (κ3) is 3.20. The lowest BCUT2D eigenvalue weighted by Crippen LogP contribution is -2.33. The fraction of sp³-hybridized carbons (Fsp3) is 0.278. The molecule has 1 aliphatic rings. The van der Waals surface area contributed by atoms with E-state index in [0.29, 0.717) is 12.8 Å². The Balaban J connectivity index is 1.89. The van der Waals surface area contributed by atoms with Gasteiger partial charge in [-0.1, -0.05) is 36.4 Å². The predicted octanol–water partition coefficient (Wildman–Crippen LogP) is 3.02. The number of nitrogens with one attached hydrogen (secondary N) is 1. The van der Waals surface area contributed by atoms with Crippen LogP contribution >= 0.6 is 0 Å². The van der Waals surface area contributed by atoms with Gasteiger partial charge in [0.25, 0.3) is 0 Å². The van der Waals surface area contributed by atoms with E-state index in [2.05, 4.69) is 4.72 Å². The number of rotatable bonds is 6. The van der Waals surface area contributed by atoms with Gasteiger partial charge < -0.3 is 5.11 Å². The highest BCUT2D eigenvalue weighted by Crippen LogP contribution is 2.42. The molecule has 3 rings (SSSR count). The molecule has 0 amide bonds. The molecule has 5 nitrogen and oxygen atoms in total. The lowest BCUT2D eigenvalue weighted by Gasteiger charge is -2.14. The lowest BCUT2D eigenvalue weighted by molar-refractivity contribution is 0.0697. The van der Waals surface area contributed by atoms with E-state index in [0.717, 1.165) is 16.7 Å². The van der Waals surface area contributed by atoms with E-state index in [1.54, 1.807) is 19.1 Å². The van der Waals surface area contributed by atoms with Crippen molar-refractivity contribution < 1.29 is 18.3 Å². The quantitative estimate of drug-likeness (QED) is 0.843. The SMILES string of the molecule is CC1(S(=O)(=O)NCc2ccccc2-c2cccc(C(=O)O)c2)CC1. The molecule has 1 aliphatic carbocycles. The van der Waals surface area contributed by atoms with E-state index in [4.69, 9.17) is 5.11 Å². The maximum atomic E-state index is 12.3. The Bertz CT molecular complexity index is 885. The monoisotopic (exact) mass is 345 g/mol. The molecule has 0 aromatic heterocycles. The minimum Gasteiger partial charge on any atom is -0.478 e. The number of benzene rings is 2. The normalized spacial score (nSPS) is 15.9. The fourth-order valence-corrected chi connectivity index (χ4v) is 3.90. The highest BCUT2D eigenvalue weighted by Gasteiger charge is 2.49. The molecule has 2 aromatic carbocycles. The van der Waals surface area contributed by atoms with E-state index in [9.17, 15) is 13.2 Å². The average molecular weight is 345 g/mol. The standard InChI is InChI=1S/C18H19NO4S/c1-18(9-10-18)24(22,23)19-12-15-5-2-3-8-16(15)13-6-4-7-14(11-13)17(20)21/h2-8,11,19H,9-10,12H2,1H3,(H,20,21). The fourth-order valence-electron chi connectivity index (χ4n) is 2.57. The van der Waals surface area contributed by atoms with Crippen molar-refractivity contribution >= 4 is 16.0 Å². The molecule has 0 bridgehead atoms. The first-order valence-corrected chi connectivity index (χ1v) is 9.22. The molecule has 1 fully saturated rings. The number of carbonyl (C=O) groups is 1. The summed E-state index contributed by atoms with van der Waals surface area (Å²) >= 11 is 0. The lowest BCUT2D eigenvalue weighted by atomic mass is 9.98. The zero-order chi connectivity index (χ0) is 17.4. The van der Waals surface area contributed by atoms with Crippen LogP contribution < -0.4 is 4.72 Å². The van der Waals surface area contributed by atoms with E-state index in [1.165, 1.54) is 6.07 Å². The number of carboxylic acid groups (broad SMARTS) is 1. The van der Waals surface area contributed by atoms with Crippen molar-refractivity contribution in [2.75, 3.05) is 0 Å². The molecule has 0 spiro atoms. The predicted molar refractivity (Wildman–Crippen MR) is 92.2 cm³/mol. The number of carboxylic acids is 1. The van der Waals surface area contributed by atoms with Crippen LogP contribution in [0.15, 0.2) is 48.5 Å². The first-order chi connectivity index (χ1) is 11.3. The van der Waals surface area contributed by atoms with Gasteiger partial charge in [-0.15, -0.1) is 0 Å². The number of hydrogen-bond donors (Lipinski definition) is 2. The zero-order valence-corrected chi connectivity index (χ0v) is 14.1. The van der Waals surface area contributed by atoms with Gasteiger partial charge in [0.15, 0.2) is 0 Å². The third-order valence-corrected chi connectivity index (χ3v) is 6.72. The van der Waals surface area contributed by atoms with Gasteiger partial charge in [0.2, 0.25) is 10.0 Å². The molecule has 0 unspecified atom stereocenters. The van der Waals surface area contributed by atoms with Gasteiger partial charge >= 0.3 is 5.97 Å². The average Bonchev–Trinajstić information content (AvgIpc) is 3.33. The summed E-state index contributed by atoms with van der Waals surface area (Å²) in [5.74, 6) is -0.989. The Morgan fingerprint density at radius 1 is 1.17 bits per heavy atom. The molecule has 2 aromatic rings. The van der Waals surface area contributed by atoms with Crippen LogP contribution in [0, 0.1) is 0 Å². The van der Waals surface area contributed by atoms with Gasteiger partial charge in [0.1, 0.15) is 0 Å². The molecule has 0 saturated heterocycles. The summed E-state index contributed by atoms with van der Waals surface area (Å²) in [7, 11) is -3.35. The second-order valence-corrected chi connectivity index (χ2v) is 8.60. The Labute approximate surface area is 141 Å². The van der Waals surface area contributed by atoms with E-state index < -0.39 is 20.7 Å². The molecule has 24 heavy (non-hydrogen) atoms. The van der Waals surface area contributed by atoms with Crippen LogP contribution in [-0.4, -0.2) is 24.2 Å². The van der Waals surface area contributed by atoms with Crippen LogP contribution in [-0.2, 0) is 16.6 Å². The zero-order valence-electron chi connectivity index (χ0n) is 13.3. The molecule has 6 heteroatoms. The summed E-state index contributed by atoms with van der Waals surface area (Å²) in [6.07, 6.45) is 1.37. The van der Waals surface area contributed by atoms with Gasteiger partial charge in [-0.25, -0.2) is 17.9 Å². The Morgan fingerprint density at radius 3 is 2.54 bits per heavy atom. The van der Waals surface area contributed by atoms with E-state index in [-0.39, 0.29) is 12.1 Å². The summed E-state index contributed by atoms with van der Waals surface area (Å²) < 4.78 is 26.6. The Kier molecular flexibility index (Phi) is 4.19. The third-order valence-electron chi connectivity index (χ3n) is 4.49. The van der Waals surface area contributed by atoms with Crippen LogP contribution in [0.5, 0.6) is 0 Å². The smallest absolute Gasteiger partial charge is 0.335 e. The number of aromatic carboxylic acids is 1. The summed E-state index contributed by atoms with van der Waals surface area (Å²) in [5, 5.41) is 9.14. The largest absolute Gasteiger partial charge is 0.478 e. The molecule has 126 valence electrons. The van der Waals surface area contributed by atoms with Crippen molar-refractivity contribution in [1.82, 2.24) is 4.72 Å². The van der Waals surface area contributed by atoms with Gasteiger partial charge in [-0.2, -0.15) is 0 Å². The molecule has 0 atom stereocenters. The molecule has 0 heterocycles. The summed E-state index contributed by atoms with van der Waals surface area (Å²) in [6.45, 7) is 1.93. The van der Waals surface area contributed by atoms with Gasteiger partial charge in [0, 0.05) is 6.54 Å². The molecular formula is C18H19NO4S. The second kappa shape index (κ2) is 6.03. The number of sulfonamides is 1. The van der Waals surface area contributed by atoms with Gasteiger partial charge in [-0.05, 0) is 48.6 Å². The maximum absolute atomic E-state index is 12.3. The van der Waals surface area contributed by atoms with Crippen molar-refractivity contribution in [1.29, 1.82) is 0 Å². The van der Waals surface area contributed by atoms with E-state index >= 15 is 0 Å². The topological polar surface area (TPSA) is 83.5 Å². The summed E-state index contributed by atoms with van der Waals surface area (Å²) in [5.41, 5.74) is 2.59. The minimum atomic E-state index is -3.35. The van der Waals surface area contributed by atoms with Crippen LogP contribution in [0.4, 0.5) is 0 Å². The van der Waals surface area contributed by atoms with Crippen molar-refractivity contribution in [3.63, 3.8) is 0 Å². The van der Waals surface area contributed by atoms with Crippen molar-refractivity contribution in [2.45, 2.75) is 31.1 Å². The second-order valence-electron chi connectivity index (χ2n) is 6.32. The molecule has 2 N–H and O–H groups in total. The maximum Gasteiger partial charge on any atom is 0.335 e. The van der Waals surface area contributed by atoms with Crippen molar-refractivity contribution in [2.24, 2.45) is 0 Å². The van der Waals surface area contributed by atoms with E-state index in [1.807, 2.05) is 30.3 Å². The Hall–Kier alpha value is -2.18. The highest BCUT2D eigenvalue weighted by atomic mass is 32.2. The summed E-state index contributed by atoms with van der Waals surface area (Å²) in [6, 6.07) is 14.0. The van der Waals surface area contributed by atoms with Gasteiger partial charge in [-0.3, -0.25) is 0 Å². The first-order valence-electron chi connectivity index (χ1n) is 7.73. The molecule has 0 radical (unpaired) electrons. The van der Waals surface area contributed by atoms with Crippen LogP contribution in [0.2, 0.25) is 0 Å². The van der Waals surface area contributed by atoms with Crippen molar-refractivity contribution in [3.8, 4) is 11.1 Å². The molecule has 1 saturated carbocycles. The highest BCUT2D eigenvalue weighted by molar-refractivity contribution is 7.91. The van der Waals surface area contributed by atoms with Crippen LogP contribution in [0.25, 0.3) is 11.1 Å². The van der Waals surface area contributed by atoms with Crippen LogP contribution in [0.3, 0.4) is 0 Å².